The van der Waals surface area contributed by atoms with Crippen LogP contribution in [0.25, 0.3) is 0 Å². The van der Waals surface area contributed by atoms with E-state index in [1.807, 2.05) is 18.2 Å². The van der Waals surface area contributed by atoms with Crippen LogP contribution in [0.5, 0.6) is 0 Å². The molecule has 106 valence electrons. The van der Waals surface area contributed by atoms with Crippen LogP contribution in [0.15, 0.2) is 30.3 Å². The fraction of sp³-hybridized carbons (Fsp3) is 0.647. The van der Waals surface area contributed by atoms with Gasteiger partial charge in [-0.25, -0.2) is 0 Å². The summed E-state index contributed by atoms with van der Waals surface area (Å²) in [6.45, 7) is 12.3. The Morgan fingerprint density at radius 1 is 1.16 bits per heavy atom. The quantitative estimate of drug-likeness (QED) is 0.795. The van der Waals surface area contributed by atoms with Crippen molar-refractivity contribution >= 4 is 0 Å². The van der Waals surface area contributed by atoms with Crippen LogP contribution in [0.3, 0.4) is 0 Å². The molecule has 1 aliphatic heterocycles. The molecule has 0 spiro atoms. The van der Waals surface area contributed by atoms with E-state index in [1.54, 1.807) is 4.90 Å². The smallest absolute Gasteiger partial charge is 0.103 e. The van der Waals surface area contributed by atoms with Gasteiger partial charge in [-0.3, -0.25) is 0 Å². The third-order valence-corrected chi connectivity index (χ3v) is 4.79. The molecule has 0 radical (unpaired) electrons. The molecule has 1 saturated heterocycles. The number of rotatable bonds is 1. The van der Waals surface area contributed by atoms with E-state index in [2.05, 4.69) is 46.8 Å². The highest BCUT2D eigenvalue weighted by molar-refractivity contribution is 5.23. The molecule has 2 heteroatoms. The second kappa shape index (κ2) is 4.92. The van der Waals surface area contributed by atoms with Gasteiger partial charge in [-0.05, 0) is 33.3 Å². The Labute approximate surface area is 117 Å². The van der Waals surface area contributed by atoms with Crippen molar-refractivity contribution in [2.45, 2.75) is 58.2 Å². The van der Waals surface area contributed by atoms with Crippen LogP contribution in [-0.4, -0.2) is 23.2 Å². The topological polar surface area (TPSA) is 24.7 Å². The summed E-state index contributed by atoms with van der Waals surface area (Å²) in [4.78, 5) is 1.60. The highest BCUT2D eigenvalue weighted by atomic mass is 16.3. The van der Waals surface area contributed by atoms with Crippen molar-refractivity contribution < 1.29 is 10.0 Å². The van der Waals surface area contributed by atoms with Crippen LogP contribution in [-0.2, 0) is 5.60 Å². The third-order valence-electron chi connectivity index (χ3n) is 4.79. The molecular weight excluding hydrogens is 234 g/mol. The molecule has 0 bridgehead atoms. The maximum Gasteiger partial charge on any atom is 0.103 e. The van der Waals surface area contributed by atoms with Gasteiger partial charge in [0.2, 0.25) is 0 Å². The first-order valence-corrected chi connectivity index (χ1v) is 7.39. The molecule has 0 amide bonds. The van der Waals surface area contributed by atoms with E-state index >= 15 is 0 Å². The van der Waals surface area contributed by atoms with Crippen molar-refractivity contribution in [2.75, 3.05) is 6.54 Å². The third kappa shape index (κ3) is 2.70. The molecule has 1 aromatic rings. The Morgan fingerprint density at radius 2 is 1.74 bits per heavy atom. The molecule has 1 heterocycles. The number of likely N-dealkylation sites (tertiary alicyclic amines) is 1. The molecule has 2 N–H and O–H groups in total. The van der Waals surface area contributed by atoms with Crippen LogP contribution >= 0.6 is 0 Å². The zero-order valence-corrected chi connectivity index (χ0v) is 12.9. The van der Waals surface area contributed by atoms with Gasteiger partial charge in [0, 0.05) is 12.3 Å². The van der Waals surface area contributed by atoms with Crippen LogP contribution < -0.4 is 4.90 Å². The molecule has 1 unspecified atom stereocenters. The lowest BCUT2D eigenvalue weighted by Crippen LogP contribution is -3.23. The second-order valence-corrected chi connectivity index (χ2v) is 7.28. The number of aliphatic hydroxyl groups is 1. The standard InChI is InChI=1S/C17H27NO/c1-13-12-18(16(3,4)5)14(2)11-17(13,19)15-9-7-6-8-10-15/h6-10,13-14,19H,11-12H2,1-5H3/p+1/t13-,14-,17+/m1/s1. The summed E-state index contributed by atoms with van der Waals surface area (Å²) in [5, 5.41) is 11.2. The summed E-state index contributed by atoms with van der Waals surface area (Å²) in [6, 6.07) is 10.6. The summed E-state index contributed by atoms with van der Waals surface area (Å²) < 4.78 is 0. The molecule has 1 aromatic carbocycles. The van der Waals surface area contributed by atoms with E-state index in [1.165, 1.54) is 0 Å². The predicted molar refractivity (Wildman–Crippen MR) is 79.2 cm³/mol. The van der Waals surface area contributed by atoms with E-state index in [4.69, 9.17) is 0 Å². The van der Waals surface area contributed by atoms with E-state index in [0.717, 1.165) is 18.5 Å². The molecule has 0 aliphatic carbocycles. The average Bonchev–Trinajstić information content (AvgIpc) is 2.33. The first-order valence-electron chi connectivity index (χ1n) is 7.39. The lowest BCUT2D eigenvalue weighted by molar-refractivity contribution is -0.978. The van der Waals surface area contributed by atoms with Crippen molar-refractivity contribution in [2.24, 2.45) is 5.92 Å². The summed E-state index contributed by atoms with van der Waals surface area (Å²) in [5.74, 6) is 0.278. The Hall–Kier alpha value is -0.860. The fourth-order valence-electron chi connectivity index (χ4n) is 3.67. The number of piperidine rings is 1. The molecule has 0 saturated carbocycles. The van der Waals surface area contributed by atoms with Gasteiger partial charge < -0.3 is 10.0 Å². The minimum absolute atomic E-state index is 0.242. The number of hydrogen-bond acceptors (Lipinski definition) is 1. The monoisotopic (exact) mass is 262 g/mol. The van der Waals surface area contributed by atoms with Crippen LogP contribution in [0.1, 0.15) is 46.6 Å². The SMILES string of the molecule is C[C@@H]1C[C@@](O)(c2ccccc2)[C@H](C)C[NH+]1C(C)(C)C. The highest BCUT2D eigenvalue weighted by Crippen LogP contribution is 2.35. The Bertz CT molecular complexity index is 423. The van der Waals surface area contributed by atoms with Gasteiger partial charge in [0.05, 0.1) is 18.1 Å². The first kappa shape index (κ1) is 14.5. The summed E-state index contributed by atoms with van der Waals surface area (Å²) in [6.07, 6.45) is 0.838. The maximum atomic E-state index is 11.2. The van der Waals surface area contributed by atoms with Crippen molar-refractivity contribution in [3.63, 3.8) is 0 Å². The van der Waals surface area contributed by atoms with E-state index in [-0.39, 0.29) is 11.5 Å². The van der Waals surface area contributed by atoms with Gasteiger partial charge in [0.25, 0.3) is 0 Å². The Morgan fingerprint density at radius 3 is 2.26 bits per heavy atom. The predicted octanol–water partition coefficient (Wildman–Crippen LogP) is 1.99. The highest BCUT2D eigenvalue weighted by Gasteiger charge is 2.48. The Balaban J connectivity index is 2.28. The minimum Gasteiger partial charge on any atom is -0.384 e. The molecule has 2 rings (SSSR count). The van der Waals surface area contributed by atoms with Crippen molar-refractivity contribution in [3.8, 4) is 0 Å². The van der Waals surface area contributed by atoms with Gasteiger partial charge >= 0.3 is 0 Å². The van der Waals surface area contributed by atoms with Gasteiger partial charge in [0.15, 0.2) is 0 Å². The molecular formula is C17H28NO+. The summed E-state index contributed by atoms with van der Waals surface area (Å²) in [7, 11) is 0. The van der Waals surface area contributed by atoms with Crippen molar-refractivity contribution in [1.29, 1.82) is 0 Å². The van der Waals surface area contributed by atoms with Crippen LogP contribution in [0, 0.1) is 5.92 Å². The number of hydrogen-bond donors (Lipinski definition) is 2. The summed E-state index contributed by atoms with van der Waals surface area (Å²) in [5.41, 5.74) is 0.642. The fourth-order valence-corrected chi connectivity index (χ4v) is 3.67. The molecule has 1 aliphatic rings. The van der Waals surface area contributed by atoms with Gasteiger partial charge in [0.1, 0.15) is 5.60 Å². The van der Waals surface area contributed by atoms with Crippen LogP contribution in [0.4, 0.5) is 0 Å². The number of quaternary nitrogens is 1. The zero-order chi connectivity index (χ0) is 14.3. The zero-order valence-electron chi connectivity index (χ0n) is 12.9. The molecule has 1 fully saturated rings. The number of nitrogens with one attached hydrogen (secondary N) is 1. The second-order valence-electron chi connectivity index (χ2n) is 7.28. The number of benzene rings is 1. The van der Waals surface area contributed by atoms with Crippen LogP contribution in [0.2, 0.25) is 0 Å². The lowest BCUT2D eigenvalue weighted by Gasteiger charge is -2.49. The summed E-state index contributed by atoms with van der Waals surface area (Å²) >= 11 is 0. The molecule has 19 heavy (non-hydrogen) atoms. The van der Waals surface area contributed by atoms with Crippen molar-refractivity contribution in [1.82, 2.24) is 0 Å². The average molecular weight is 262 g/mol. The lowest BCUT2D eigenvalue weighted by atomic mass is 9.73. The molecule has 4 atom stereocenters. The maximum absolute atomic E-state index is 11.2. The van der Waals surface area contributed by atoms with Gasteiger partial charge in [-0.15, -0.1) is 0 Å². The first-order chi connectivity index (χ1) is 8.75. The van der Waals surface area contributed by atoms with Crippen molar-refractivity contribution in [3.05, 3.63) is 35.9 Å². The molecule has 0 aromatic heterocycles. The molecule has 2 nitrogen and oxygen atoms in total. The normalized spacial score (nSPS) is 36.2. The van der Waals surface area contributed by atoms with E-state index in [9.17, 15) is 5.11 Å². The largest absolute Gasteiger partial charge is 0.384 e. The van der Waals surface area contributed by atoms with E-state index < -0.39 is 5.60 Å². The van der Waals surface area contributed by atoms with Gasteiger partial charge in [-0.2, -0.15) is 0 Å². The van der Waals surface area contributed by atoms with Gasteiger partial charge in [-0.1, -0.05) is 37.3 Å². The van der Waals surface area contributed by atoms with E-state index in [0.29, 0.717) is 6.04 Å². The Kier molecular flexibility index (Phi) is 3.76. The minimum atomic E-state index is -0.671.